The molecule has 0 aliphatic carbocycles. The summed E-state index contributed by atoms with van der Waals surface area (Å²) in [6.45, 7) is 36.9. The second-order valence-corrected chi connectivity index (χ2v) is 28.8. The Hall–Kier alpha value is -1.40. The van der Waals surface area contributed by atoms with Crippen molar-refractivity contribution in [2.45, 2.75) is 177 Å². The van der Waals surface area contributed by atoms with E-state index in [0.29, 0.717) is 6.42 Å². The number of allylic oxidation sites excluding steroid dienone is 1. The normalized spacial score (nSPS) is 27.7. The molecule has 1 aromatic heterocycles. The molecular weight excluding hydrogens is 649 g/mol. The minimum Gasteiger partial charge on any atom is -0.413 e. The molecule has 0 saturated heterocycles. The molecule has 0 bridgehead atoms. The van der Waals surface area contributed by atoms with E-state index in [-0.39, 0.29) is 52.2 Å². The lowest BCUT2D eigenvalue weighted by Gasteiger charge is -2.46. The molecule has 0 radical (unpaired) electrons. The molecule has 1 N–H and O–H groups in total. The van der Waals surface area contributed by atoms with Crippen LogP contribution in [0.25, 0.3) is 6.08 Å². The largest absolute Gasteiger partial charge is 0.413 e. The van der Waals surface area contributed by atoms with Gasteiger partial charge in [-0.2, -0.15) is 0 Å². The van der Waals surface area contributed by atoms with Crippen molar-refractivity contribution >= 4 is 45.7 Å². The van der Waals surface area contributed by atoms with E-state index in [2.05, 4.69) is 123 Å². The van der Waals surface area contributed by atoms with Gasteiger partial charge in [0.25, 0.3) is 0 Å². The Bertz CT molecular complexity index is 1320. The van der Waals surface area contributed by atoms with Crippen LogP contribution in [0.4, 0.5) is 0 Å². The third-order valence-electron chi connectivity index (χ3n) is 11.6. The molecule has 1 aliphatic heterocycles. The van der Waals surface area contributed by atoms with Gasteiger partial charge < -0.3 is 14.2 Å². The Morgan fingerprint density at radius 3 is 2.08 bits per heavy atom. The molecule has 6 nitrogen and oxygen atoms in total. The fourth-order valence-corrected chi connectivity index (χ4v) is 9.43. The third kappa shape index (κ3) is 11.3. The fourth-order valence-electron chi connectivity index (χ4n) is 5.95. The number of aryl methyl sites for hydroxylation is 1. The number of aromatic nitrogens is 1. The number of amides is 1. The Morgan fingerprint density at radius 1 is 1.00 bits per heavy atom. The van der Waals surface area contributed by atoms with Gasteiger partial charge in [0, 0.05) is 16.7 Å². The summed E-state index contributed by atoms with van der Waals surface area (Å²) in [5, 5.41) is 6.37. The fraction of sp³-hybridized carbons (Fsp3) is 0.769. The lowest BCUT2D eigenvalue weighted by molar-refractivity contribution is -0.142. The molecule has 1 aliphatic rings. The number of carbonyl (C=O) groups excluding carboxylic acids is 2. The van der Waals surface area contributed by atoms with Crippen LogP contribution in [0, 0.1) is 24.2 Å². The summed E-state index contributed by atoms with van der Waals surface area (Å²) in [4.78, 5) is 33.6. The molecule has 1 amide bonds. The molecule has 0 fully saturated rings. The second kappa shape index (κ2) is 16.3. The van der Waals surface area contributed by atoms with Crippen molar-refractivity contribution in [1.29, 1.82) is 0 Å². The zero-order valence-corrected chi connectivity index (χ0v) is 36.5. The first kappa shape index (κ1) is 42.8. The number of nitrogens with one attached hydrogen (secondary N) is 1. The number of hydrogen-bond donors (Lipinski definition) is 1. The highest BCUT2D eigenvalue weighted by Crippen LogP contribution is 2.44. The minimum absolute atomic E-state index is 0.0209. The van der Waals surface area contributed by atoms with Crippen LogP contribution < -0.4 is 5.32 Å². The highest BCUT2D eigenvalue weighted by atomic mass is 32.1. The number of Topliss-reactive ketones (excluding diaryl/α,β-unsaturated/α-hetero) is 1. The topological polar surface area (TPSA) is 77.5 Å². The van der Waals surface area contributed by atoms with Crippen molar-refractivity contribution in [3.8, 4) is 0 Å². The van der Waals surface area contributed by atoms with Crippen molar-refractivity contribution in [2.24, 2.45) is 17.3 Å². The van der Waals surface area contributed by atoms with Crippen molar-refractivity contribution < 1.29 is 18.4 Å². The van der Waals surface area contributed by atoms with E-state index in [4.69, 9.17) is 8.85 Å². The number of ketones is 1. The predicted molar refractivity (Wildman–Crippen MR) is 211 cm³/mol. The second-order valence-electron chi connectivity index (χ2n) is 18.2. The summed E-state index contributed by atoms with van der Waals surface area (Å²) in [6.07, 6.45) is 7.38. The van der Waals surface area contributed by atoms with Crippen molar-refractivity contribution in [1.82, 2.24) is 10.3 Å². The van der Waals surface area contributed by atoms with Gasteiger partial charge in [0.15, 0.2) is 16.6 Å². The number of nitrogens with zero attached hydrogens (tertiary/aromatic N) is 1. The first-order valence-corrected chi connectivity index (χ1v) is 24.8. The van der Waals surface area contributed by atoms with Crippen molar-refractivity contribution in [3.05, 3.63) is 33.3 Å². The van der Waals surface area contributed by atoms with E-state index in [1.807, 2.05) is 20.8 Å². The zero-order chi connectivity index (χ0) is 37.0. The molecule has 2 heterocycles. The van der Waals surface area contributed by atoms with E-state index in [9.17, 15) is 9.59 Å². The van der Waals surface area contributed by atoms with Gasteiger partial charge in [-0.05, 0) is 100 Å². The summed E-state index contributed by atoms with van der Waals surface area (Å²) >= 11 is 1.63. The molecule has 5 atom stereocenters. The summed E-state index contributed by atoms with van der Waals surface area (Å²) < 4.78 is 14.2. The van der Waals surface area contributed by atoms with Crippen molar-refractivity contribution in [2.75, 3.05) is 0 Å². The van der Waals surface area contributed by atoms with Crippen LogP contribution in [-0.4, -0.2) is 51.6 Å². The SMILES string of the molecule is C/C1=C/C[C@@H](/C(C)=C/c2csc(C)n2)NC(=O)C[C@H](O[Si](C)(C)C(C)(C)C)C(C)(C)C(=O)[C@H](C)[C@@H](O[Si](C)(C)C(C)(C)C)[C@@H](C)CCC1. The maximum atomic E-state index is 14.8. The molecule has 1 aromatic rings. The van der Waals surface area contributed by atoms with E-state index in [1.54, 1.807) is 11.3 Å². The number of thiazole rings is 1. The van der Waals surface area contributed by atoms with Crippen LogP contribution in [0.5, 0.6) is 0 Å². The lowest BCUT2D eigenvalue weighted by atomic mass is 9.73. The molecule has 2 rings (SSSR count). The van der Waals surface area contributed by atoms with Gasteiger partial charge in [-0.1, -0.05) is 80.9 Å². The summed E-state index contributed by atoms with van der Waals surface area (Å²) in [5.41, 5.74) is 2.38. The van der Waals surface area contributed by atoms with Gasteiger partial charge in [0.05, 0.1) is 35.4 Å². The summed E-state index contributed by atoms with van der Waals surface area (Å²) in [5.74, 6) is -0.122. The van der Waals surface area contributed by atoms with Gasteiger partial charge >= 0.3 is 0 Å². The van der Waals surface area contributed by atoms with Gasteiger partial charge in [0.2, 0.25) is 5.91 Å². The first-order chi connectivity index (χ1) is 21.7. The van der Waals surface area contributed by atoms with Crippen molar-refractivity contribution in [3.63, 3.8) is 0 Å². The van der Waals surface area contributed by atoms with E-state index < -0.39 is 28.2 Å². The van der Waals surface area contributed by atoms with Crippen LogP contribution in [0.2, 0.25) is 36.3 Å². The summed E-state index contributed by atoms with van der Waals surface area (Å²) in [7, 11) is -4.55. The molecule has 0 aromatic carbocycles. The predicted octanol–water partition coefficient (Wildman–Crippen LogP) is 10.9. The van der Waals surface area contributed by atoms with E-state index in [0.717, 1.165) is 35.5 Å². The molecule has 9 heteroatoms. The molecule has 274 valence electrons. The first-order valence-electron chi connectivity index (χ1n) is 18.1. The van der Waals surface area contributed by atoms with Crippen LogP contribution in [-0.2, 0) is 18.4 Å². The zero-order valence-electron chi connectivity index (χ0n) is 33.6. The van der Waals surface area contributed by atoms with Crippen LogP contribution >= 0.6 is 11.3 Å². The Labute approximate surface area is 300 Å². The Kier molecular flexibility index (Phi) is 14.5. The van der Waals surface area contributed by atoms with Gasteiger partial charge in [-0.15, -0.1) is 11.3 Å². The monoisotopic (exact) mass is 718 g/mol. The van der Waals surface area contributed by atoms with E-state index in [1.165, 1.54) is 5.57 Å². The molecular formula is C39H70N2O4SSi2. The Balaban J connectivity index is 2.66. The van der Waals surface area contributed by atoms with Crippen LogP contribution in [0.15, 0.2) is 22.6 Å². The highest BCUT2D eigenvalue weighted by Gasteiger charge is 2.50. The smallest absolute Gasteiger partial charge is 0.223 e. The molecule has 0 saturated carbocycles. The van der Waals surface area contributed by atoms with Crippen LogP contribution in [0.1, 0.15) is 126 Å². The lowest BCUT2D eigenvalue weighted by Crippen LogP contribution is -2.55. The summed E-state index contributed by atoms with van der Waals surface area (Å²) in [6, 6.07) is -0.185. The quantitative estimate of drug-likeness (QED) is 0.234. The van der Waals surface area contributed by atoms with Crippen LogP contribution in [0.3, 0.4) is 0 Å². The molecule has 48 heavy (non-hydrogen) atoms. The maximum absolute atomic E-state index is 14.8. The minimum atomic E-state index is -2.36. The maximum Gasteiger partial charge on any atom is 0.223 e. The molecule has 0 unspecified atom stereocenters. The van der Waals surface area contributed by atoms with E-state index >= 15 is 0 Å². The molecule has 0 spiro atoms. The Morgan fingerprint density at radius 2 is 1.56 bits per heavy atom. The number of carbonyl (C=O) groups is 2. The van der Waals surface area contributed by atoms with Gasteiger partial charge in [-0.3, -0.25) is 9.59 Å². The number of hydrogen-bond acceptors (Lipinski definition) is 6. The average Bonchev–Trinajstić information content (AvgIpc) is 3.34. The van der Waals surface area contributed by atoms with Gasteiger partial charge in [0.1, 0.15) is 5.78 Å². The average molecular weight is 719 g/mol. The number of rotatable bonds is 6. The van der Waals surface area contributed by atoms with Gasteiger partial charge in [-0.25, -0.2) is 4.98 Å². The highest BCUT2D eigenvalue weighted by molar-refractivity contribution is 7.09. The third-order valence-corrected chi connectivity index (χ3v) is 21.3. The standard InChI is InChI=1S/C39H70N2O4SSi2/c1-26-19-18-20-27(2)35(45-48(16,17)38(9,10)11)29(4)36(43)39(12,13)33(44-47(14,15)37(6,7)8)24-34(42)41-32(22-21-26)28(3)23-31-25-46-30(5)40-31/h21,23,25,27,29,32-33,35H,18-20,22,24H2,1-17H3,(H,41,42)/b26-21-,28-23+/t27-,29+,32-,33-,35-/m0/s1.